The van der Waals surface area contributed by atoms with Crippen LogP contribution in [0.2, 0.25) is 0 Å². The number of rotatable bonds is 6. The molecule has 1 saturated carbocycles. The molecule has 8 heteroatoms. The predicted octanol–water partition coefficient (Wildman–Crippen LogP) is 4.07. The molecule has 5 rings (SSSR count). The van der Waals surface area contributed by atoms with Gasteiger partial charge in [0.25, 0.3) is 0 Å². The summed E-state index contributed by atoms with van der Waals surface area (Å²) in [7, 11) is 0. The maximum absolute atomic E-state index is 13.1. The van der Waals surface area contributed by atoms with Crippen LogP contribution in [0, 0.1) is 11.7 Å². The van der Waals surface area contributed by atoms with Crippen LogP contribution in [0.3, 0.4) is 0 Å². The average Bonchev–Trinajstić information content (AvgIpc) is 3.35. The summed E-state index contributed by atoms with van der Waals surface area (Å²) in [5, 5.41) is 3.40. The summed E-state index contributed by atoms with van der Waals surface area (Å²) in [6.07, 6.45) is 6.08. The number of hydrogen-bond donors (Lipinski definition) is 2. The molecule has 2 aromatic carbocycles. The molecule has 0 aliphatic heterocycles. The zero-order valence-electron chi connectivity index (χ0n) is 17.5. The van der Waals surface area contributed by atoms with Gasteiger partial charge in [-0.05, 0) is 73.9 Å². The Kier molecular flexibility index (Phi) is 5.53. The van der Waals surface area contributed by atoms with Gasteiger partial charge in [-0.1, -0.05) is 12.1 Å². The van der Waals surface area contributed by atoms with E-state index in [0.29, 0.717) is 40.9 Å². The third-order valence-corrected chi connectivity index (χ3v) is 6.29. The molecule has 1 fully saturated rings. The fourth-order valence-corrected chi connectivity index (χ4v) is 4.56. The molecule has 0 spiro atoms. The highest BCUT2D eigenvalue weighted by Crippen LogP contribution is 2.35. The molecule has 2 N–H and O–H groups in total. The number of oxazole rings is 2. The van der Waals surface area contributed by atoms with Crippen LogP contribution >= 0.6 is 0 Å². The highest BCUT2D eigenvalue weighted by molar-refractivity contribution is 5.74. The number of nitrogens with zero attached hydrogens (tertiary/aromatic N) is 1. The number of benzene rings is 2. The van der Waals surface area contributed by atoms with Crippen LogP contribution in [0.1, 0.15) is 42.9 Å². The van der Waals surface area contributed by atoms with Gasteiger partial charge in [0.05, 0.1) is 23.9 Å². The highest BCUT2D eigenvalue weighted by atomic mass is 19.1. The Hall–Kier alpha value is -3.39. The summed E-state index contributed by atoms with van der Waals surface area (Å²) >= 11 is 0. The Balaban J connectivity index is 1.15. The van der Waals surface area contributed by atoms with Gasteiger partial charge in [-0.2, -0.15) is 0 Å². The van der Waals surface area contributed by atoms with E-state index >= 15 is 0 Å². The van der Waals surface area contributed by atoms with Crippen molar-refractivity contribution in [3.63, 3.8) is 0 Å². The molecule has 0 bridgehead atoms. The van der Waals surface area contributed by atoms with Crippen molar-refractivity contribution < 1.29 is 13.2 Å². The fraction of sp³-hybridized carbons (Fsp3) is 0.333. The first-order chi connectivity index (χ1) is 15.5. The van der Waals surface area contributed by atoms with Crippen molar-refractivity contribution in [3.8, 4) is 5.69 Å². The van der Waals surface area contributed by atoms with E-state index in [1.165, 1.54) is 22.3 Å². The van der Waals surface area contributed by atoms with Crippen molar-refractivity contribution >= 4 is 11.1 Å². The van der Waals surface area contributed by atoms with Crippen molar-refractivity contribution in [1.82, 2.24) is 14.9 Å². The first kappa shape index (κ1) is 20.5. The van der Waals surface area contributed by atoms with E-state index in [1.54, 1.807) is 24.4 Å². The lowest BCUT2D eigenvalue weighted by Gasteiger charge is -2.29. The topological polar surface area (TPSA) is 93.2 Å². The van der Waals surface area contributed by atoms with E-state index in [1.807, 2.05) is 12.1 Å². The number of aromatic amines is 1. The second-order valence-corrected chi connectivity index (χ2v) is 8.43. The van der Waals surface area contributed by atoms with Crippen LogP contribution < -0.4 is 16.8 Å². The Morgan fingerprint density at radius 2 is 1.81 bits per heavy atom. The summed E-state index contributed by atoms with van der Waals surface area (Å²) in [6, 6.07) is 11.9. The van der Waals surface area contributed by atoms with Gasteiger partial charge in [0.1, 0.15) is 11.6 Å². The largest absolute Gasteiger partial charge is 0.423 e. The van der Waals surface area contributed by atoms with E-state index in [0.717, 1.165) is 32.2 Å². The van der Waals surface area contributed by atoms with E-state index in [-0.39, 0.29) is 5.82 Å². The lowest BCUT2D eigenvalue weighted by molar-refractivity contribution is 0.309. The van der Waals surface area contributed by atoms with Gasteiger partial charge < -0.3 is 14.2 Å². The van der Waals surface area contributed by atoms with Crippen LogP contribution in [-0.2, 0) is 6.54 Å². The van der Waals surface area contributed by atoms with Gasteiger partial charge in [-0.3, -0.25) is 4.98 Å². The van der Waals surface area contributed by atoms with Gasteiger partial charge in [-0.25, -0.2) is 18.5 Å². The van der Waals surface area contributed by atoms with Crippen molar-refractivity contribution in [1.29, 1.82) is 0 Å². The number of H-pyrrole nitrogens is 1. The Morgan fingerprint density at radius 3 is 2.59 bits per heavy atom. The number of aromatic nitrogens is 2. The molecule has 7 nitrogen and oxygen atoms in total. The van der Waals surface area contributed by atoms with Crippen LogP contribution in [0.4, 0.5) is 4.39 Å². The average molecular weight is 437 g/mol. The fourth-order valence-electron chi connectivity index (χ4n) is 4.56. The minimum absolute atomic E-state index is 0.191. The molecule has 0 amide bonds. The zero-order chi connectivity index (χ0) is 22.1. The van der Waals surface area contributed by atoms with Crippen LogP contribution in [0.15, 0.2) is 67.1 Å². The quantitative estimate of drug-likeness (QED) is 0.474. The molecule has 166 valence electrons. The number of halogens is 1. The Morgan fingerprint density at radius 1 is 1.03 bits per heavy atom. The molecule has 2 aromatic heterocycles. The molecule has 0 atom stereocenters. The standard InChI is InChI=1S/C24H24FN3O4/c25-18-7-5-17(6-8-18)16-3-1-15(2-4-16)12-26-13-20-14-28(24(30)31-20)19-9-10-21-22(11-19)32-23(29)27-21/h5-11,14-16,26H,1-4,12-13H2,(H,27,29). The Bertz CT molecular complexity index is 1320. The maximum Gasteiger partial charge on any atom is 0.423 e. The molecular formula is C24H24FN3O4. The number of hydrogen-bond acceptors (Lipinski definition) is 5. The summed E-state index contributed by atoms with van der Waals surface area (Å²) in [5.41, 5.74) is 2.75. The second kappa shape index (κ2) is 8.63. The first-order valence-electron chi connectivity index (χ1n) is 10.9. The second-order valence-electron chi connectivity index (χ2n) is 8.43. The lowest BCUT2D eigenvalue weighted by atomic mass is 9.78. The summed E-state index contributed by atoms with van der Waals surface area (Å²) < 4.78 is 25.0. The molecule has 1 aliphatic carbocycles. The third-order valence-electron chi connectivity index (χ3n) is 6.29. The molecule has 0 unspecified atom stereocenters. The minimum atomic E-state index is -0.534. The van der Waals surface area contributed by atoms with E-state index in [2.05, 4.69) is 10.3 Å². The predicted molar refractivity (Wildman–Crippen MR) is 118 cm³/mol. The highest BCUT2D eigenvalue weighted by Gasteiger charge is 2.22. The van der Waals surface area contributed by atoms with E-state index in [4.69, 9.17) is 8.83 Å². The first-order valence-corrected chi connectivity index (χ1v) is 10.9. The summed E-state index contributed by atoms with van der Waals surface area (Å²) in [4.78, 5) is 26.2. The van der Waals surface area contributed by atoms with Crippen molar-refractivity contribution in [2.45, 2.75) is 38.1 Å². The molecule has 4 aromatic rings. The molecule has 1 aliphatic rings. The normalized spacial score (nSPS) is 18.9. The van der Waals surface area contributed by atoms with E-state index < -0.39 is 11.5 Å². The Labute approximate surface area is 182 Å². The van der Waals surface area contributed by atoms with Crippen molar-refractivity contribution in [2.24, 2.45) is 5.92 Å². The van der Waals surface area contributed by atoms with Gasteiger partial charge in [0, 0.05) is 6.07 Å². The molecule has 2 heterocycles. The van der Waals surface area contributed by atoms with Crippen molar-refractivity contribution in [3.05, 3.63) is 86.9 Å². The van der Waals surface area contributed by atoms with Gasteiger partial charge in [-0.15, -0.1) is 0 Å². The van der Waals surface area contributed by atoms with Crippen LogP contribution in [-0.4, -0.2) is 16.1 Å². The molecule has 32 heavy (non-hydrogen) atoms. The summed E-state index contributed by atoms with van der Waals surface area (Å²) in [6.45, 7) is 1.31. The smallest absolute Gasteiger partial charge is 0.411 e. The zero-order valence-corrected chi connectivity index (χ0v) is 17.5. The monoisotopic (exact) mass is 437 g/mol. The van der Waals surface area contributed by atoms with Gasteiger partial charge in [0.15, 0.2) is 5.58 Å². The van der Waals surface area contributed by atoms with Gasteiger partial charge >= 0.3 is 11.5 Å². The SMILES string of the molecule is O=c1[nH]c2ccc(-n3cc(CNCC4CCC(c5ccc(F)cc5)CC4)oc3=O)cc2o1. The molecule has 0 radical (unpaired) electrons. The summed E-state index contributed by atoms with van der Waals surface area (Å²) in [5.74, 6) is 0.404. The maximum atomic E-state index is 13.1. The van der Waals surface area contributed by atoms with Gasteiger partial charge in [0.2, 0.25) is 0 Å². The van der Waals surface area contributed by atoms with Crippen molar-refractivity contribution in [2.75, 3.05) is 6.54 Å². The molecular weight excluding hydrogens is 413 g/mol. The number of nitrogens with one attached hydrogen (secondary N) is 2. The lowest BCUT2D eigenvalue weighted by Crippen LogP contribution is -2.25. The van der Waals surface area contributed by atoms with Crippen LogP contribution in [0.25, 0.3) is 16.8 Å². The van der Waals surface area contributed by atoms with E-state index in [9.17, 15) is 14.0 Å². The van der Waals surface area contributed by atoms with Crippen LogP contribution in [0.5, 0.6) is 0 Å². The minimum Gasteiger partial charge on any atom is -0.411 e. The molecule has 0 saturated heterocycles. The third kappa shape index (κ3) is 4.31. The number of fused-ring (bicyclic) bond motifs is 1.